The number of anilines is 3. The molecule has 0 radical (unpaired) electrons. The third-order valence-electron chi connectivity index (χ3n) is 7.78. The summed E-state index contributed by atoms with van der Waals surface area (Å²) >= 11 is 0. The molecule has 3 aliphatic heterocycles. The molecule has 0 aliphatic carbocycles. The number of hydrogen-bond donors (Lipinski definition) is 2. The second-order valence-corrected chi connectivity index (χ2v) is 10.6. The fraction of sp³-hybridized carbons (Fsp3) is 0.500. The molecule has 2 fully saturated rings. The number of aldehydes is 1. The molecule has 0 unspecified atom stereocenters. The minimum absolute atomic E-state index is 0.0485. The van der Waals surface area contributed by atoms with Crippen LogP contribution in [0, 0.1) is 11.3 Å². The summed E-state index contributed by atoms with van der Waals surface area (Å²) in [6.07, 6.45) is 3.51. The van der Waals surface area contributed by atoms with Gasteiger partial charge in [-0.05, 0) is 31.5 Å². The Bertz CT molecular complexity index is 1350. The first-order valence-corrected chi connectivity index (χ1v) is 13.8. The summed E-state index contributed by atoms with van der Waals surface area (Å²) in [5, 5.41) is 15.3. The van der Waals surface area contributed by atoms with E-state index in [9.17, 15) is 19.6 Å². The molecule has 3 aliphatic rings. The van der Waals surface area contributed by atoms with E-state index in [1.54, 1.807) is 18.1 Å². The molecule has 13 nitrogen and oxygen atoms in total. The molecule has 0 spiro atoms. The molecule has 3 amide bonds. The van der Waals surface area contributed by atoms with Gasteiger partial charge in [0.1, 0.15) is 23.4 Å². The maximum absolute atomic E-state index is 13.3. The van der Waals surface area contributed by atoms with Crippen molar-refractivity contribution in [2.24, 2.45) is 0 Å². The summed E-state index contributed by atoms with van der Waals surface area (Å²) in [6.45, 7) is 5.43. The van der Waals surface area contributed by atoms with Crippen molar-refractivity contribution >= 4 is 35.5 Å². The van der Waals surface area contributed by atoms with Crippen LogP contribution in [0.2, 0.25) is 0 Å². The van der Waals surface area contributed by atoms with E-state index in [1.807, 2.05) is 6.07 Å². The van der Waals surface area contributed by atoms with Crippen molar-refractivity contribution in [3.05, 3.63) is 40.7 Å². The van der Waals surface area contributed by atoms with Gasteiger partial charge in [0.2, 0.25) is 5.91 Å². The van der Waals surface area contributed by atoms with Gasteiger partial charge in [0.05, 0.1) is 24.4 Å². The number of likely N-dealkylation sites (N-methyl/N-ethyl adjacent to an activating group) is 1. The smallest absolute Gasteiger partial charge is 0.328 e. The van der Waals surface area contributed by atoms with E-state index in [1.165, 1.54) is 11.1 Å². The van der Waals surface area contributed by atoms with Gasteiger partial charge < -0.3 is 19.9 Å². The van der Waals surface area contributed by atoms with E-state index in [0.717, 1.165) is 31.6 Å². The van der Waals surface area contributed by atoms with E-state index >= 15 is 0 Å². The number of nitriles is 1. The van der Waals surface area contributed by atoms with Gasteiger partial charge in [0.15, 0.2) is 6.29 Å². The number of pyridine rings is 2. The van der Waals surface area contributed by atoms with Gasteiger partial charge in [-0.15, -0.1) is 0 Å². The lowest BCUT2D eigenvalue weighted by molar-refractivity contribution is -0.139. The molecule has 2 aromatic heterocycles. The Labute approximate surface area is 239 Å². The minimum Gasteiger partial charge on any atom is -0.383 e. The maximum atomic E-state index is 13.3. The molecule has 216 valence electrons. The fourth-order valence-corrected chi connectivity index (χ4v) is 5.52. The molecule has 0 bridgehead atoms. The quantitative estimate of drug-likeness (QED) is 0.338. The highest BCUT2D eigenvalue weighted by Gasteiger charge is 2.35. The van der Waals surface area contributed by atoms with Crippen LogP contribution in [-0.2, 0) is 22.5 Å². The number of rotatable bonds is 9. The van der Waals surface area contributed by atoms with Gasteiger partial charge in [-0.2, -0.15) is 5.26 Å². The third-order valence-corrected chi connectivity index (χ3v) is 7.78. The average Bonchev–Trinajstić information content (AvgIpc) is 2.96. The van der Waals surface area contributed by atoms with Gasteiger partial charge >= 0.3 is 6.03 Å². The highest BCUT2D eigenvalue weighted by atomic mass is 16.5. The number of likely N-dealkylation sites (tertiary alicyclic amines) is 1. The largest absolute Gasteiger partial charge is 0.383 e. The summed E-state index contributed by atoms with van der Waals surface area (Å²) in [7, 11) is 3.66. The van der Waals surface area contributed by atoms with Crippen molar-refractivity contribution in [3.63, 3.8) is 0 Å². The van der Waals surface area contributed by atoms with Crippen LogP contribution in [0.3, 0.4) is 0 Å². The molecule has 5 rings (SSSR count). The number of carbonyl (C=O) groups excluding carboxylic acids is 3. The van der Waals surface area contributed by atoms with Crippen molar-refractivity contribution in [1.29, 1.82) is 5.26 Å². The Hall–Kier alpha value is -4.12. The second-order valence-electron chi connectivity index (χ2n) is 10.6. The zero-order valence-electron chi connectivity index (χ0n) is 23.4. The molecule has 2 saturated heterocycles. The van der Waals surface area contributed by atoms with Crippen LogP contribution in [0.1, 0.15) is 33.6 Å². The maximum Gasteiger partial charge on any atom is 0.328 e. The summed E-state index contributed by atoms with van der Waals surface area (Å²) in [5.74, 6) is 0.754. The number of nitrogens with zero attached hydrogens (tertiary/aromatic N) is 7. The highest BCUT2D eigenvalue weighted by Crippen LogP contribution is 2.29. The Morgan fingerprint density at radius 2 is 2.10 bits per heavy atom. The van der Waals surface area contributed by atoms with E-state index in [4.69, 9.17) is 4.74 Å². The lowest BCUT2D eigenvalue weighted by Gasteiger charge is -2.46. The number of carbonyl (C=O) groups is 3. The number of urea groups is 1. The Balaban J connectivity index is 1.29. The number of ether oxygens (including phenoxy) is 1. The third kappa shape index (κ3) is 6.30. The Morgan fingerprint density at radius 1 is 1.27 bits per heavy atom. The second kappa shape index (κ2) is 12.6. The molecule has 2 aromatic rings. The monoisotopic (exact) mass is 561 g/mol. The number of hydrogen-bond acceptors (Lipinski definition) is 10. The van der Waals surface area contributed by atoms with Crippen molar-refractivity contribution in [3.8, 4) is 6.07 Å². The number of aromatic nitrogens is 2. The Kier molecular flexibility index (Phi) is 8.72. The fourth-order valence-electron chi connectivity index (χ4n) is 5.52. The number of aryl methyl sites for hydroxylation is 1. The molecule has 5 heterocycles. The normalized spacial score (nSPS) is 17.9. The summed E-state index contributed by atoms with van der Waals surface area (Å²) in [6, 6.07) is 5.58. The summed E-state index contributed by atoms with van der Waals surface area (Å²) in [4.78, 5) is 54.9. The van der Waals surface area contributed by atoms with Crippen molar-refractivity contribution in [2.45, 2.75) is 25.4 Å². The van der Waals surface area contributed by atoms with Gasteiger partial charge in [-0.25, -0.2) is 14.8 Å². The average molecular weight is 562 g/mol. The summed E-state index contributed by atoms with van der Waals surface area (Å²) < 4.78 is 5.05. The molecular weight excluding hydrogens is 526 g/mol. The molecule has 41 heavy (non-hydrogen) atoms. The summed E-state index contributed by atoms with van der Waals surface area (Å²) in [5.41, 5.74) is 2.65. The molecule has 0 saturated carbocycles. The highest BCUT2D eigenvalue weighted by molar-refractivity contribution is 6.02. The lowest BCUT2D eigenvalue weighted by Crippen LogP contribution is -2.63. The molecular formula is C28H35N9O4. The molecule has 13 heteroatoms. The van der Waals surface area contributed by atoms with Gasteiger partial charge in [-0.1, -0.05) is 0 Å². The predicted molar refractivity (Wildman–Crippen MR) is 152 cm³/mol. The molecule has 0 atom stereocenters. The predicted octanol–water partition coefficient (Wildman–Crippen LogP) is 1.16. The lowest BCUT2D eigenvalue weighted by atomic mass is 10.0. The number of fused-ring (bicyclic) bond motifs is 1. The van der Waals surface area contributed by atoms with E-state index in [0.29, 0.717) is 80.7 Å². The van der Waals surface area contributed by atoms with Crippen LogP contribution in [-0.4, -0.2) is 116 Å². The van der Waals surface area contributed by atoms with Crippen LogP contribution in [0.15, 0.2) is 18.3 Å². The SMILES string of the molecule is COCCNc1cc(NC(=O)N2CCCc3cc(CN4CCN(C5CN(C)C5)CC4=O)c(C=O)nc32)ncc1C#N. The Morgan fingerprint density at radius 3 is 2.80 bits per heavy atom. The zero-order chi connectivity index (χ0) is 28.9. The van der Waals surface area contributed by atoms with Crippen molar-refractivity contribution in [2.75, 3.05) is 82.1 Å². The van der Waals surface area contributed by atoms with Crippen LogP contribution < -0.4 is 15.5 Å². The van der Waals surface area contributed by atoms with Gasteiger partial charge in [0.25, 0.3) is 0 Å². The standard InChI is InChI=1S/C28H35N9O4/c1-34-15-22(16-34)35-7-8-36(26(39)17-35)14-20-10-19-4-3-6-37(27(19)32-24(20)18-38)28(40)33-25-11-23(30-5-9-41-2)21(12-29)13-31-25/h10-11,13,18,22H,3-9,14-17H2,1-2H3,(H2,30,31,33,40). The number of piperazine rings is 1. The number of nitrogens with one attached hydrogen (secondary N) is 2. The van der Waals surface area contributed by atoms with E-state index in [2.05, 4.69) is 43.5 Å². The van der Waals surface area contributed by atoms with Crippen LogP contribution >= 0.6 is 0 Å². The minimum atomic E-state index is -0.434. The first-order valence-electron chi connectivity index (χ1n) is 13.8. The first kappa shape index (κ1) is 28.4. The molecule has 0 aromatic carbocycles. The van der Waals surface area contributed by atoms with Gasteiger partial charge in [-0.3, -0.25) is 24.7 Å². The first-order chi connectivity index (χ1) is 19.9. The molecule has 2 N–H and O–H groups in total. The van der Waals surface area contributed by atoms with Crippen molar-refractivity contribution < 1.29 is 19.1 Å². The number of methoxy groups -OCH3 is 1. The topological polar surface area (TPSA) is 147 Å². The van der Waals surface area contributed by atoms with Crippen LogP contribution in [0.5, 0.6) is 0 Å². The van der Waals surface area contributed by atoms with Crippen LogP contribution in [0.4, 0.5) is 22.1 Å². The van der Waals surface area contributed by atoms with E-state index < -0.39 is 6.03 Å². The van der Waals surface area contributed by atoms with Gasteiger partial charge in [0, 0.05) is 76.8 Å². The van der Waals surface area contributed by atoms with Crippen molar-refractivity contribution in [1.82, 2.24) is 24.7 Å². The zero-order valence-corrected chi connectivity index (χ0v) is 23.4. The van der Waals surface area contributed by atoms with E-state index in [-0.39, 0.29) is 17.4 Å². The number of amides is 3. The van der Waals surface area contributed by atoms with Crippen LogP contribution in [0.25, 0.3) is 0 Å².